The second kappa shape index (κ2) is 8.77. The summed E-state index contributed by atoms with van der Waals surface area (Å²) in [5, 5.41) is 11.9. The van der Waals surface area contributed by atoms with Gasteiger partial charge in [-0.25, -0.2) is 9.36 Å². The van der Waals surface area contributed by atoms with Gasteiger partial charge >= 0.3 is 6.18 Å². The molecule has 4 aromatic rings. The van der Waals surface area contributed by atoms with Crippen molar-refractivity contribution in [3.05, 3.63) is 87.1 Å². The van der Waals surface area contributed by atoms with Crippen LogP contribution in [0.2, 0.25) is 0 Å². The van der Waals surface area contributed by atoms with Gasteiger partial charge in [0.15, 0.2) is 0 Å². The molecule has 0 fully saturated rings. The molecule has 0 radical (unpaired) electrons. The monoisotopic (exact) mass is 469 g/mol. The summed E-state index contributed by atoms with van der Waals surface area (Å²) in [5.41, 5.74) is 0.857. The first-order valence-corrected chi connectivity index (χ1v) is 10.5. The summed E-state index contributed by atoms with van der Waals surface area (Å²) in [6.45, 7) is 3.22. The molecule has 7 nitrogen and oxygen atoms in total. The van der Waals surface area contributed by atoms with E-state index >= 15 is 0 Å². The van der Waals surface area contributed by atoms with Gasteiger partial charge in [0.1, 0.15) is 0 Å². The highest BCUT2D eigenvalue weighted by atomic mass is 19.4. The van der Waals surface area contributed by atoms with E-state index in [9.17, 15) is 22.8 Å². The van der Waals surface area contributed by atoms with Gasteiger partial charge in [-0.15, -0.1) is 0 Å². The highest BCUT2D eigenvalue weighted by Crippen LogP contribution is 2.33. The van der Waals surface area contributed by atoms with Gasteiger partial charge in [0.25, 0.3) is 5.56 Å². The Labute approximate surface area is 192 Å². The van der Waals surface area contributed by atoms with Gasteiger partial charge in [0.05, 0.1) is 34.4 Å². The molecule has 1 N–H and O–H groups in total. The molecule has 34 heavy (non-hydrogen) atoms. The molecule has 1 amide bonds. The number of nitrogens with one attached hydrogen (secondary N) is 1. The van der Waals surface area contributed by atoms with Crippen molar-refractivity contribution in [2.45, 2.75) is 33.0 Å². The Morgan fingerprint density at radius 1 is 1.03 bits per heavy atom. The van der Waals surface area contributed by atoms with Crippen LogP contribution in [0.1, 0.15) is 28.2 Å². The summed E-state index contributed by atoms with van der Waals surface area (Å²) in [5.74, 6) is -0.507. The van der Waals surface area contributed by atoms with Gasteiger partial charge in [0, 0.05) is 24.7 Å². The van der Waals surface area contributed by atoms with Crippen LogP contribution in [0.5, 0.6) is 0 Å². The van der Waals surface area contributed by atoms with Crippen LogP contribution in [-0.4, -0.2) is 25.5 Å². The molecule has 0 spiro atoms. The van der Waals surface area contributed by atoms with Crippen LogP contribution in [0.3, 0.4) is 0 Å². The van der Waals surface area contributed by atoms with Gasteiger partial charge in [-0.1, -0.05) is 24.3 Å². The number of alkyl halides is 3. The minimum Gasteiger partial charge on any atom is -0.352 e. The third-order valence-electron chi connectivity index (χ3n) is 5.49. The molecular weight excluding hydrogens is 447 g/mol. The fourth-order valence-electron chi connectivity index (χ4n) is 3.92. The Bertz CT molecular complexity index is 1450. The summed E-state index contributed by atoms with van der Waals surface area (Å²) in [6.07, 6.45) is -4.79. The highest BCUT2D eigenvalue weighted by molar-refractivity contribution is 5.88. The average molecular weight is 469 g/mol. The molecular formula is C24H22F3N5O2. The Kier molecular flexibility index (Phi) is 5.99. The average Bonchev–Trinajstić information content (AvgIpc) is 3.13. The lowest BCUT2D eigenvalue weighted by Gasteiger charge is -2.16. The van der Waals surface area contributed by atoms with Crippen molar-refractivity contribution in [3.8, 4) is 5.69 Å². The third-order valence-corrected chi connectivity index (χ3v) is 5.49. The Hall–Kier alpha value is -3.95. The van der Waals surface area contributed by atoms with Crippen molar-refractivity contribution in [2.24, 2.45) is 7.05 Å². The molecule has 4 rings (SSSR count). The van der Waals surface area contributed by atoms with Gasteiger partial charge in [-0.3, -0.25) is 9.59 Å². The smallest absolute Gasteiger partial charge is 0.352 e. The van der Waals surface area contributed by atoms with Crippen LogP contribution < -0.4 is 10.9 Å². The first kappa shape index (κ1) is 23.2. The summed E-state index contributed by atoms with van der Waals surface area (Å²) < 4.78 is 44.0. The molecule has 2 aromatic carbocycles. The van der Waals surface area contributed by atoms with E-state index in [1.807, 2.05) is 0 Å². The minimum atomic E-state index is -4.61. The first-order valence-electron chi connectivity index (χ1n) is 10.5. The number of carbonyl (C=O) groups excluding carboxylic acids is 1. The van der Waals surface area contributed by atoms with Crippen LogP contribution in [0.15, 0.2) is 53.3 Å². The van der Waals surface area contributed by atoms with Crippen molar-refractivity contribution < 1.29 is 18.0 Å². The van der Waals surface area contributed by atoms with Gasteiger partial charge in [-0.2, -0.15) is 23.4 Å². The van der Waals surface area contributed by atoms with Crippen LogP contribution in [-0.2, 0) is 31.0 Å². The van der Waals surface area contributed by atoms with E-state index < -0.39 is 17.6 Å². The van der Waals surface area contributed by atoms with Crippen molar-refractivity contribution >= 4 is 16.7 Å². The lowest BCUT2D eigenvalue weighted by Crippen LogP contribution is -2.28. The molecule has 2 heterocycles. The fraction of sp³-hybridized carbons (Fsp3) is 0.250. The topological polar surface area (TPSA) is 81.8 Å². The first-order chi connectivity index (χ1) is 16.0. The number of rotatable bonds is 5. The highest BCUT2D eigenvalue weighted by Gasteiger charge is 2.34. The van der Waals surface area contributed by atoms with Gasteiger partial charge < -0.3 is 5.32 Å². The van der Waals surface area contributed by atoms with Crippen LogP contribution in [0, 0.1) is 13.8 Å². The number of benzene rings is 2. The molecule has 0 saturated carbocycles. The van der Waals surface area contributed by atoms with E-state index in [1.165, 1.54) is 23.9 Å². The predicted octanol–water partition coefficient (Wildman–Crippen LogP) is 3.61. The zero-order chi connectivity index (χ0) is 24.6. The largest absolute Gasteiger partial charge is 0.416 e. The number of hydrogen-bond acceptors (Lipinski definition) is 4. The number of fused-ring (bicyclic) bond motifs is 1. The fourth-order valence-corrected chi connectivity index (χ4v) is 3.92. The predicted molar refractivity (Wildman–Crippen MR) is 121 cm³/mol. The number of nitrogens with zero attached hydrogens (tertiary/aromatic N) is 4. The van der Waals surface area contributed by atoms with Crippen molar-refractivity contribution in [1.82, 2.24) is 24.9 Å². The van der Waals surface area contributed by atoms with Crippen molar-refractivity contribution in [3.63, 3.8) is 0 Å². The zero-order valence-electron chi connectivity index (χ0n) is 18.8. The molecule has 10 heteroatoms. The van der Waals surface area contributed by atoms with E-state index in [0.717, 1.165) is 10.7 Å². The lowest BCUT2D eigenvalue weighted by atomic mass is 10.1. The van der Waals surface area contributed by atoms with Crippen molar-refractivity contribution in [2.75, 3.05) is 0 Å². The number of carbonyl (C=O) groups is 1. The Morgan fingerprint density at radius 2 is 1.74 bits per heavy atom. The number of aromatic nitrogens is 4. The van der Waals surface area contributed by atoms with Crippen molar-refractivity contribution in [1.29, 1.82) is 0 Å². The molecule has 0 saturated heterocycles. The van der Waals surface area contributed by atoms with Gasteiger partial charge in [-0.05, 0) is 43.7 Å². The van der Waals surface area contributed by atoms with Gasteiger partial charge in [0.2, 0.25) is 5.91 Å². The van der Waals surface area contributed by atoms with Crippen LogP contribution >= 0.6 is 0 Å². The van der Waals surface area contributed by atoms with E-state index in [4.69, 9.17) is 0 Å². The minimum absolute atomic E-state index is 0.0654. The van der Waals surface area contributed by atoms with E-state index in [0.29, 0.717) is 27.9 Å². The summed E-state index contributed by atoms with van der Waals surface area (Å²) in [7, 11) is 1.48. The molecule has 0 unspecified atom stereocenters. The number of halogens is 3. The van der Waals surface area contributed by atoms with E-state index in [1.54, 1.807) is 44.2 Å². The Balaban J connectivity index is 1.57. The standard InChI is InChI=1S/C24H22F3N5O2/c1-14-10-15(2)32(29-14)17-9-8-16(20(11-17)24(25,26)27)13-28-22(33)12-21-18-6-4-5-7-19(18)23(34)31(3)30-21/h4-11H,12-13H2,1-3H3,(H,28,33). The lowest BCUT2D eigenvalue weighted by molar-refractivity contribution is -0.138. The molecule has 176 valence electrons. The molecule has 2 aromatic heterocycles. The number of amides is 1. The third kappa shape index (κ3) is 4.57. The Morgan fingerprint density at radius 3 is 2.38 bits per heavy atom. The van der Waals surface area contributed by atoms with Crippen LogP contribution in [0.25, 0.3) is 16.5 Å². The van der Waals surface area contributed by atoms with E-state index in [-0.39, 0.29) is 29.8 Å². The molecule has 0 aliphatic carbocycles. The quantitative estimate of drug-likeness (QED) is 0.484. The molecule has 0 aliphatic heterocycles. The normalized spacial score (nSPS) is 11.7. The molecule has 0 aliphatic rings. The number of aryl methyl sites for hydroxylation is 3. The molecule has 0 atom stereocenters. The maximum atomic E-state index is 13.8. The SMILES string of the molecule is Cc1cc(C)n(-c2ccc(CNC(=O)Cc3nn(C)c(=O)c4ccccc34)c(C(F)(F)F)c2)n1. The summed E-state index contributed by atoms with van der Waals surface area (Å²) in [6, 6.07) is 12.5. The summed E-state index contributed by atoms with van der Waals surface area (Å²) >= 11 is 0. The molecule has 0 bridgehead atoms. The maximum Gasteiger partial charge on any atom is 0.416 e. The van der Waals surface area contributed by atoms with Crippen LogP contribution in [0.4, 0.5) is 13.2 Å². The summed E-state index contributed by atoms with van der Waals surface area (Å²) in [4.78, 5) is 24.8. The zero-order valence-corrected chi connectivity index (χ0v) is 18.8. The van der Waals surface area contributed by atoms with E-state index in [2.05, 4.69) is 15.5 Å². The second-order valence-electron chi connectivity index (χ2n) is 8.05. The number of hydrogen-bond donors (Lipinski definition) is 1. The maximum absolute atomic E-state index is 13.8. The second-order valence-corrected chi connectivity index (χ2v) is 8.05.